The summed E-state index contributed by atoms with van der Waals surface area (Å²) in [4.78, 5) is 12.1. The number of aryl methyl sites for hydroxylation is 1. The van der Waals surface area contributed by atoms with Crippen LogP contribution < -0.4 is 15.8 Å². The van der Waals surface area contributed by atoms with E-state index in [4.69, 9.17) is 10.5 Å². The number of nitrogens with one attached hydrogen (secondary N) is 1. The van der Waals surface area contributed by atoms with E-state index in [1.54, 1.807) is 31.2 Å². The molecule has 2 rings (SSSR count). The zero-order chi connectivity index (χ0) is 15.4. The molecule has 3 N–H and O–H groups in total. The summed E-state index contributed by atoms with van der Waals surface area (Å²) >= 11 is 3.39. The highest BCUT2D eigenvalue weighted by molar-refractivity contribution is 9.10. The van der Waals surface area contributed by atoms with Crippen molar-refractivity contribution in [1.82, 2.24) is 0 Å². The topological polar surface area (TPSA) is 64.3 Å². The number of ether oxygens (including phenoxy) is 1. The molecule has 0 heterocycles. The van der Waals surface area contributed by atoms with E-state index < -0.39 is 6.10 Å². The van der Waals surface area contributed by atoms with Crippen molar-refractivity contribution in [3.63, 3.8) is 0 Å². The number of amides is 1. The van der Waals surface area contributed by atoms with Gasteiger partial charge >= 0.3 is 0 Å². The van der Waals surface area contributed by atoms with Crippen molar-refractivity contribution in [3.8, 4) is 5.75 Å². The number of nitrogens with two attached hydrogens (primary N) is 1. The van der Waals surface area contributed by atoms with Crippen LogP contribution in [0, 0.1) is 6.92 Å². The van der Waals surface area contributed by atoms with Gasteiger partial charge in [-0.05, 0) is 55.8 Å². The van der Waals surface area contributed by atoms with Crippen molar-refractivity contribution >= 4 is 33.2 Å². The highest BCUT2D eigenvalue weighted by Crippen LogP contribution is 2.24. The molecule has 0 aliphatic heterocycles. The van der Waals surface area contributed by atoms with Crippen LogP contribution in [-0.2, 0) is 4.79 Å². The number of carbonyl (C=O) groups is 1. The molecular formula is C16H17BrN2O2. The fraction of sp³-hybridized carbons (Fsp3) is 0.188. The second-order valence-electron chi connectivity index (χ2n) is 4.78. The molecular weight excluding hydrogens is 332 g/mol. The lowest BCUT2D eigenvalue weighted by Gasteiger charge is -2.16. The number of nitrogen functional groups attached to an aromatic ring is 1. The maximum absolute atomic E-state index is 12.1. The smallest absolute Gasteiger partial charge is 0.265 e. The van der Waals surface area contributed by atoms with Crippen molar-refractivity contribution < 1.29 is 9.53 Å². The number of hydrogen-bond donors (Lipinski definition) is 2. The zero-order valence-electron chi connectivity index (χ0n) is 11.9. The predicted octanol–water partition coefficient (Wildman–Crippen LogP) is 3.75. The summed E-state index contributed by atoms with van der Waals surface area (Å²) in [7, 11) is 0. The predicted molar refractivity (Wildman–Crippen MR) is 88.5 cm³/mol. The van der Waals surface area contributed by atoms with Crippen LogP contribution in [-0.4, -0.2) is 12.0 Å². The summed E-state index contributed by atoms with van der Waals surface area (Å²) in [5.74, 6) is 0.475. The van der Waals surface area contributed by atoms with Gasteiger partial charge in [-0.15, -0.1) is 0 Å². The van der Waals surface area contributed by atoms with E-state index in [2.05, 4.69) is 21.2 Å². The Morgan fingerprint density at radius 3 is 2.57 bits per heavy atom. The molecule has 0 saturated carbocycles. The first-order chi connectivity index (χ1) is 9.95. The Hall–Kier alpha value is -2.01. The third-order valence-electron chi connectivity index (χ3n) is 3.00. The van der Waals surface area contributed by atoms with Crippen molar-refractivity contribution in [1.29, 1.82) is 0 Å². The number of anilines is 2. The molecule has 0 fully saturated rings. The van der Waals surface area contributed by atoms with Crippen molar-refractivity contribution in [2.45, 2.75) is 20.0 Å². The molecule has 110 valence electrons. The second-order valence-corrected chi connectivity index (χ2v) is 5.70. The molecule has 0 bridgehead atoms. The Bertz CT molecular complexity index is 641. The molecule has 2 aromatic carbocycles. The van der Waals surface area contributed by atoms with Crippen molar-refractivity contribution in [3.05, 3.63) is 52.5 Å². The van der Waals surface area contributed by atoms with Gasteiger partial charge in [0.15, 0.2) is 6.10 Å². The van der Waals surface area contributed by atoms with E-state index in [1.807, 2.05) is 25.1 Å². The lowest BCUT2D eigenvalue weighted by Crippen LogP contribution is -2.30. The number of benzene rings is 2. The minimum atomic E-state index is -0.601. The first kappa shape index (κ1) is 15.4. The molecule has 5 heteroatoms. The van der Waals surface area contributed by atoms with Gasteiger partial charge in [0.25, 0.3) is 5.91 Å². The van der Waals surface area contributed by atoms with Crippen molar-refractivity contribution in [2.24, 2.45) is 0 Å². The molecule has 1 unspecified atom stereocenters. The van der Waals surface area contributed by atoms with Gasteiger partial charge in [-0.3, -0.25) is 4.79 Å². The summed E-state index contributed by atoms with van der Waals surface area (Å²) in [6, 6.07) is 12.7. The molecule has 1 amide bonds. The van der Waals surface area contributed by atoms with Gasteiger partial charge in [0.05, 0.1) is 0 Å². The molecule has 4 nitrogen and oxygen atoms in total. The van der Waals surface area contributed by atoms with Gasteiger partial charge in [0, 0.05) is 15.8 Å². The average molecular weight is 349 g/mol. The van der Waals surface area contributed by atoms with Gasteiger partial charge in [0.1, 0.15) is 5.75 Å². The highest BCUT2D eigenvalue weighted by atomic mass is 79.9. The van der Waals surface area contributed by atoms with E-state index >= 15 is 0 Å². The molecule has 0 spiro atoms. The number of hydrogen-bond acceptors (Lipinski definition) is 3. The summed E-state index contributed by atoms with van der Waals surface area (Å²) in [5.41, 5.74) is 7.93. The van der Waals surface area contributed by atoms with E-state index in [1.165, 1.54) is 0 Å². The van der Waals surface area contributed by atoms with Gasteiger partial charge in [-0.1, -0.05) is 22.0 Å². The largest absolute Gasteiger partial charge is 0.481 e. The fourth-order valence-corrected chi connectivity index (χ4v) is 2.10. The number of halogens is 1. The summed E-state index contributed by atoms with van der Waals surface area (Å²) in [6.45, 7) is 3.65. The second kappa shape index (κ2) is 6.63. The van der Waals surface area contributed by atoms with Crippen LogP contribution in [0.2, 0.25) is 0 Å². The summed E-state index contributed by atoms with van der Waals surface area (Å²) in [6.07, 6.45) is -0.601. The maximum atomic E-state index is 12.1. The first-order valence-electron chi connectivity index (χ1n) is 6.55. The van der Waals surface area contributed by atoms with E-state index in [0.717, 1.165) is 10.0 Å². The number of carbonyl (C=O) groups excluding carboxylic acids is 1. The Labute approximate surface area is 132 Å². The summed E-state index contributed by atoms with van der Waals surface area (Å²) < 4.78 is 6.63. The van der Waals surface area contributed by atoms with E-state index in [-0.39, 0.29) is 5.91 Å². The Kier molecular flexibility index (Phi) is 4.85. The van der Waals surface area contributed by atoms with Gasteiger partial charge in [-0.2, -0.15) is 0 Å². The molecule has 0 aliphatic carbocycles. The molecule has 0 saturated heterocycles. The third kappa shape index (κ3) is 4.23. The van der Waals surface area contributed by atoms with Gasteiger partial charge in [0.2, 0.25) is 0 Å². The lowest BCUT2D eigenvalue weighted by atomic mass is 10.2. The standard InChI is InChI=1S/C16H17BrN2O2/c1-10-3-4-12(17)9-15(10)21-11(2)16(20)19-14-7-5-13(18)6-8-14/h3-9,11H,18H2,1-2H3,(H,19,20). The summed E-state index contributed by atoms with van der Waals surface area (Å²) in [5, 5.41) is 2.79. The minimum Gasteiger partial charge on any atom is -0.481 e. The molecule has 2 aromatic rings. The Balaban J connectivity index is 2.02. The monoisotopic (exact) mass is 348 g/mol. The Morgan fingerprint density at radius 2 is 1.90 bits per heavy atom. The van der Waals surface area contributed by atoms with Crippen LogP contribution in [0.25, 0.3) is 0 Å². The molecule has 0 aliphatic rings. The highest BCUT2D eigenvalue weighted by Gasteiger charge is 2.16. The molecule has 0 radical (unpaired) electrons. The fourth-order valence-electron chi connectivity index (χ4n) is 1.76. The minimum absolute atomic E-state index is 0.209. The average Bonchev–Trinajstić information content (AvgIpc) is 2.45. The molecule has 1 atom stereocenters. The third-order valence-corrected chi connectivity index (χ3v) is 3.49. The van der Waals surface area contributed by atoms with Crippen LogP contribution in [0.1, 0.15) is 12.5 Å². The van der Waals surface area contributed by atoms with Gasteiger partial charge < -0.3 is 15.8 Å². The van der Waals surface area contributed by atoms with Gasteiger partial charge in [-0.25, -0.2) is 0 Å². The maximum Gasteiger partial charge on any atom is 0.265 e. The molecule has 21 heavy (non-hydrogen) atoms. The lowest BCUT2D eigenvalue weighted by molar-refractivity contribution is -0.122. The SMILES string of the molecule is Cc1ccc(Br)cc1OC(C)C(=O)Nc1ccc(N)cc1. The van der Waals surface area contributed by atoms with Crippen LogP contribution in [0.5, 0.6) is 5.75 Å². The van der Waals surface area contributed by atoms with Crippen LogP contribution in [0.4, 0.5) is 11.4 Å². The quantitative estimate of drug-likeness (QED) is 0.827. The van der Waals surface area contributed by atoms with Crippen molar-refractivity contribution in [2.75, 3.05) is 11.1 Å². The zero-order valence-corrected chi connectivity index (χ0v) is 13.5. The number of rotatable bonds is 4. The molecule has 0 aromatic heterocycles. The normalized spacial score (nSPS) is 11.8. The van der Waals surface area contributed by atoms with Crippen LogP contribution >= 0.6 is 15.9 Å². The van der Waals surface area contributed by atoms with Crippen LogP contribution in [0.3, 0.4) is 0 Å². The Morgan fingerprint density at radius 1 is 1.24 bits per heavy atom. The van der Waals surface area contributed by atoms with Crippen LogP contribution in [0.15, 0.2) is 46.9 Å². The first-order valence-corrected chi connectivity index (χ1v) is 7.34. The van der Waals surface area contributed by atoms with E-state index in [9.17, 15) is 4.79 Å². The van der Waals surface area contributed by atoms with E-state index in [0.29, 0.717) is 17.1 Å².